The van der Waals surface area contributed by atoms with Gasteiger partial charge < -0.3 is 30.5 Å². The van der Waals surface area contributed by atoms with Gasteiger partial charge in [-0.3, -0.25) is 19.4 Å². The summed E-state index contributed by atoms with van der Waals surface area (Å²) in [6, 6.07) is 21.3. The van der Waals surface area contributed by atoms with Gasteiger partial charge in [0, 0.05) is 87.5 Å². The highest BCUT2D eigenvalue weighted by Gasteiger charge is 2.48. The number of pyridine rings is 1. The number of aromatic nitrogens is 3. The normalized spacial score (nSPS) is 17.4. The minimum absolute atomic E-state index is 0.232. The highest BCUT2D eigenvalue weighted by Crippen LogP contribution is 2.39. The molecule has 2 fully saturated rings. The number of carbonyl (C=O) groups excluding carboxylic acids is 2. The van der Waals surface area contributed by atoms with Gasteiger partial charge in [-0.2, -0.15) is 5.10 Å². The molecule has 1 atom stereocenters. The molecule has 0 saturated carbocycles. The fraction of sp³-hybridized carbons (Fsp3) is 0.449. The molecule has 14 heteroatoms. The van der Waals surface area contributed by atoms with Gasteiger partial charge in [0.2, 0.25) is 0 Å². The molecule has 0 spiro atoms. The summed E-state index contributed by atoms with van der Waals surface area (Å²) in [5.41, 5.74) is 7.47. The number of rotatable bonds is 14. The van der Waals surface area contributed by atoms with Crippen molar-refractivity contribution in [3.8, 4) is 16.9 Å². The molecule has 5 aromatic rings. The highest BCUT2D eigenvalue weighted by molar-refractivity contribution is 6.00. The number of aryl methyl sites for hydroxylation is 2. The van der Waals surface area contributed by atoms with Crippen molar-refractivity contribution in [1.29, 1.82) is 0 Å². The Labute approximate surface area is 370 Å². The lowest BCUT2D eigenvalue weighted by atomic mass is 9.72. The quantitative estimate of drug-likeness (QED) is 0.0869. The molecule has 0 unspecified atom stereocenters. The minimum atomic E-state index is -0.881. The number of methoxy groups -OCH3 is 1. The zero-order valence-electron chi connectivity index (χ0n) is 37.7. The summed E-state index contributed by atoms with van der Waals surface area (Å²) in [5, 5.41) is 25.4. The van der Waals surface area contributed by atoms with E-state index >= 15 is 0 Å². The molecule has 2 saturated heterocycles. The van der Waals surface area contributed by atoms with Crippen LogP contribution in [0.25, 0.3) is 22.2 Å². The summed E-state index contributed by atoms with van der Waals surface area (Å²) < 4.78 is 13.2. The predicted octanol–water partition coefficient (Wildman–Crippen LogP) is 7.74. The van der Waals surface area contributed by atoms with E-state index in [1.807, 2.05) is 49.0 Å². The van der Waals surface area contributed by atoms with E-state index in [1.165, 1.54) is 0 Å². The number of piperazine rings is 1. The standard InChI is InChI=1S/C49H62N8O6/c1-8-42-40(43(53-38-16-20-63-21-17-38)41-29-52-57(9-2)44(41)54-42)28-51-46(59)36-15-11-14-35(25-36)45(58)50-27-33-23-37(26-39(24-33)62-7)34-13-10-12-32(22-34)30-55-18-19-56(47(60)61)49(6,31-55)48(3,4)5/h10-15,22-26,29,38H,8-9,16-21,27-28,30-31H2,1-7H3,(H,50,58)(H,51,59)(H,53,54)(H,60,61)/t49-/m1/s1. The van der Waals surface area contributed by atoms with Crippen LogP contribution in [0.15, 0.2) is 72.9 Å². The number of nitrogens with one attached hydrogen (secondary N) is 3. The molecule has 0 aliphatic carbocycles. The number of anilines is 1. The Kier molecular flexibility index (Phi) is 13.7. The summed E-state index contributed by atoms with van der Waals surface area (Å²) in [7, 11) is 1.62. The number of carboxylic acid groups (broad SMARTS) is 1. The summed E-state index contributed by atoms with van der Waals surface area (Å²) >= 11 is 0. The third kappa shape index (κ3) is 9.97. The zero-order valence-corrected chi connectivity index (χ0v) is 37.7. The van der Waals surface area contributed by atoms with Crippen molar-refractivity contribution in [2.24, 2.45) is 5.41 Å². The Hall–Kier alpha value is -5.99. The molecule has 7 rings (SSSR count). The van der Waals surface area contributed by atoms with Gasteiger partial charge in [0.05, 0.1) is 29.9 Å². The maximum Gasteiger partial charge on any atom is 0.407 e. The number of hydrogen-bond acceptors (Lipinski definition) is 9. The molecule has 334 valence electrons. The second-order valence-electron chi connectivity index (χ2n) is 17.9. The molecule has 0 radical (unpaired) electrons. The topological polar surface area (TPSA) is 163 Å². The van der Waals surface area contributed by atoms with Gasteiger partial charge in [0.1, 0.15) is 5.75 Å². The van der Waals surface area contributed by atoms with E-state index in [0.717, 1.165) is 63.1 Å². The molecule has 4 N–H and O–H groups in total. The first-order valence-corrected chi connectivity index (χ1v) is 22.1. The van der Waals surface area contributed by atoms with Crippen molar-refractivity contribution in [3.05, 3.63) is 106 Å². The predicted molar refractivity (Wildman–Crippen MR) is 245 cm³/mol. The van der Waals surface area contributed by atoms with Gasteiger partial charge in [0.15, 0.2) is 5.65 Å². The molecule has 2 aromatic heterocycles. The largest absolute Gasteiger partial charge is 0.497 e. The highest BCUT2D eigenvalue weighted by atomic mass is 16.5. The summed E-state index contributed by atoms with van der Waals surface area (Å²) in [4.78, 5) is 48.4. The van der Waals surface area contributed by atoms with E-state index in [2.05, 4.69) is 71.8 Å². The van der Waals surface area contributed by atoms with Gasteiger partial charge in [-0.05, 0) is 103 Å². The van der Waals surface area contributed by atoms with E-state index in [4.69, 9.17) is 14.5 Å². The van der Waals surface area contributed by atoms with E-state index in [1.54, 1.807) is 36.3 Å². The van der Waals surface area contributed by atoms with Crippen LogP contribution in [0.2, 0.25) is 0 Å². The summed E-state index contributed by atoms with van der Waals surface area (Å²) in [6.45, 7) is 17.4. The van der Waals surface area contributed by atoms with Gasteiger partial charge in [-0.15, -0.1) is 0 Å². The van der Waals surface area contributed by atoms with Crippen LogP contribution in [-0.4, -0.2) is 99.1 Å². The Morgan fingerprint density at radius 1 is 0.905 bits per heavy atom. The number of carbonyl (C=O) groups is 3. The van der Waals surface area contributed by atoms with Crippen LogP contribution in [-0.2, 0) is 37.3 Å². The van der Waals surface area contributed by atoms with Crippen molar-refractivity contribution in [2.75, 3.05) is 45.3 Å². The molecule has 2 aliphatic rings. The van der Waals surface area contributed by atoms with Crippen LogP contribution in [0.3, 0.4) is 0 Å². The number of nitrogens with zero attached hydrogens (tertiary/aromatic N) is 5. The Morgan fingerprint density at radius 3 is 2.27 bits per heavy atom. The van der Waals surface area contributed by atoms with Crippen LogP contribution in [0, 0.1) is 5.41 Å². The molecule has 14 nitrogen and oxygen atoms in total. The number of hydrogen-bond donors (Lipinski definition) is 4. The van der Waals surface area contributed by atoms with Crippen molar-refractivity contribution >= 4 is 34.6 Å². The Bertz CT molecular complexity index is 2450. The molecule has 4 heterocycles. The summed E-state index contributed by atoms with van der Waals surface area (Å²) in [5.74, 6) is 0.0657. The van der Waals surface area contributed by atoms with Crippen LogP contribution in [0.1, 0.15) is 97.5 Å². The van der Waals surface area contributed by atoms with Crippen molar-refractivity contribution in [2.45, 2.75) is 98.6 Å². The lowest BCUT2D eigenvalue weighted by Gasteiger charge is -2.54. The first-order valence-electron chi connectivity index (χ1n) is 22.1. The van der Waals surface area contributed by atoms with Gasteiger partial charge >= 0.3 is 6.09 Å². The van der Waals surface area contributed by atoms with Gasteiger partial charge in [-0.1, -0.05) is 52.0 Å². The average molecular weight is 859 g/mol. The molecular weight excluding hydrogens is 797 g/mol. The number of amides is 3. The zero-order chi connectivity index (χ0) is 44.9. The van der Waals surface area contributed by atoms with Crippen molar-refractivity contribution in [3.63, 3.8) is 0 Å². The second kappa shape index (κ2) is 19.2. The number of ether oxygens (including phenoxy) is 2. The lowest BCUT2D eigenvalue weighted by Crippen LogP contribution is -2.67. The Balaban J connectivity index is 1.02. The summed E-state index contributed by atoms with van der Waals surface area (Å²) in [6.07, 6.45) is 3.42. The first-order chi connectivity index (χ1) is 30.2. The fourth-order valence-electron chi connectivity index (χ4n) is 8.78. The monoisotopic (exact) mass is 858 g/mol. The van der Waals surface area contributed by atoms with Gasteiger partial charge in [0.25, 0.3) is 11.8 Å². The molecule has 2 aliphatic heterocycles. The molecule has 3 amide bonds. The molecular formula is C49H62N8O6. The number of benzene rings is 3. The van der Waals surface area contributed by atoms with Crippen molar-refractivity contribution < 1.29 is 29.0 Å². The van der Waals surface area contributed by atoms with Crippen molar-refractivity contribution in [1.82, 2.24) is 35.2 Å². The Morgan fingerprint density at radius 2 is 1.60 bits per heavy atom. The minimum Gasteiger partial charge on any atom is -0.497 e. The van der Waals surface area contributed by atoms with Crippen LogP contribution in [0.5, 0.6) is 5.75 Å². The third-order valence-electron chi connectivity index (χ3n) is 12.9. The van der Waals surface area contributed by atoms with E-state index in [-0.39, 0.29) is 36.4 Å². The van der Waals surface area contributed by atoms with Crippen LogP contribution >= 0.6 is 0 Å². The third-order valence-corrected chi connectivity index (χ3v) is 12.9. The SMILES string of the molecule is CCc1nc2c(cnn2CC)c(NC2CCOCC2)c1CNC(=O)c1cccc(C(=O)NCc2cc(OC)cc(-c3cccc(CN4CCN(C(=O)O)[C@@](C)(C(C)(C)C)C4)c3)c2)c1. The maximum atomic E-state index is 13.7. The lowest BCUT2D eigenvalue weighted by molar-refractivity contribution is -0.0461. The average Bonchev–Trinajstić information content (AvgIpc) is 3.70. The molecule has 63 heavy (non-hydrogen) atoms. The first kappa shape index (κ1) is 45.0. The smallest absolute Gasteiger partial charge is 0.407 e. The number of fused-ring (bicyclic) bond motifs is 1. The van der Waals surface area contributed by atoms with Gasteiger partial charge in [-0.25, -0.2) is 14.5 Å². The molecule has 3 aromatic carbocycles. The fourth-order valence-corrected chi connectivity index (χ4v) is 8.78. The van der Waals surface area contributed by atoms with Crippen LogP contribution < -0.4 is 20.7 Å². The van der Waals surface area contributed by atoms with E-state index in [0.29, 0.717) is 69.2 Å². The maximum absolute atomic E-state index is 13.7. The second-order valence-corrected chi connectivity index (χ2v) is 17.9. The van der Waals surface area contributed by atoms with E-state index in [9.17, 15) is 19.5 Å². The van der Waals surface area contributed by atoms with E-state index < -0.39 is 11.6 Å². The molecule has 0 bridgehead atoms. The van der Waals surface area contributed by atoms with Crippen LogP contribution in [0.4, 0.5) is 10.5 Å².